The molecule has 0 spiro atoms. The zero-order valence-electron chi connectivity index (χ0n) is 9.93. The van der Waals surface area contributed by atoms with Crippen LogP contribution in [0, 0.1) is 0 Å². The fourth-order valence-electron chi connectivity index (χ4n) is 2.25. The summed E-state index contributed by atoms with van der Waals surface area (Å²) in [7, 11) is 1.59. The number of rotatable bonds is 4. The van der Waals surface area contributed by atoms with Gasteiger partial charge in [0.2, 0.25) is 0 Å². The molecule has 0 radical (unpaired) electrons. The van der Waals surface area contributed by atoms with Crippen LogP contribution >= 0.6 is 23.2 Å². The van der Waals surface area contributed by atoms with Crippen LogP contribution in [0.25, 0.3) is 0 Å². The van der Waals surface area contributed by atoms with Gasteiger partial charge in [-0.15, -0.1) is 0 Å². The Balaban J connectivity index is 2.02. The first-order chi connectivity index (χ1) is 8.20. The molecule has 0 aromatic heterocycles. The molecule has 1 aliphatic rings. The SMILES string of the molecule is COc1cc(Cl)c(CNC2CCCC2)cc1Cl. The summed E-state index contributed by atoms with van der Waals surface area (Å²) in [5.74, 6) is 0.626. The molecule has 0 aliphatic heterocycles. The largest absolute Gasteiger partial charge is 0.495 e. The van der Waals surface area contributed by atoms with Gasteiger partial charge in [0.1, 0.15) is 5.75 Å². The van der Waals surface area contributed by atoms with Crippen LogP contribution in [0.15, 0.2) is 12.1 Å². The van der Waals surface area contributed by atoms with E-state index in [-0.39, 0.29) is 0 Å². The fourth-order valence-corrected chi connectivity index (χ4v) is 2.73. The lowest BCUT2D eigenvalue weighted by Gasteiger charge is -2.14. The molecular formula is C13H17Cl2NO. The van der Waals surface area contributed by atoms with Crippen molar-refractivity contribution in [3.05, 3.63) is 27.7 Å². The molecule has 0 unspecified atom stereocenters. The highest BCUT2D eigenvalue weighted by molar-refractivity contribution is 6.34. The summed E-state index contributed by atoms with van der Waals surface area (Å²) in [5.41, 5.74) is 1.03. The predicted molar refractivity (Wildman–Crippen MR) is 72.1 cm³/mol. The Bertz CT molecular complexity index is 389. The van der Waals surface area contributed by atoms with E-state index in [1.165, 1.54) is 25.7 Å². The van der Waals surface area contributed by atoms with E-state index in [1.54, 1.807) is 13.2 Å². The number of halogens is 2. The zero-order valence-corrected chi connectivity index (χ0v) is 11.4. The van der Waals surface area contributed by atoms with Gasteiger partial charge in [-0.25, -0.2) is 0 Å². The topological polar surface area (TPSA) is 21.3 Å². The van der Waals surface area contributed by atoms with Crippen LogP contribution in [0.4, 0.5) is 0 Å². The molecule has 4 heteroatoms. The Kier molecular flexibility index (Phi) is 4.55. The minimum absolute atomic E-state index is 0.611. The molecule has 1 fully saturated rings. The quantitative estimate of drug-likeness (QED) is 0.894. The molecule has 17 heavy (non-hydrogen) atoms. The van der Waals surface area contributed by atoms with E-state index in [4.69, 9.17) is 27.9 Å². The summed E-state index contributed by atoms with van der Waals surface area (Å²) in [5, 5.41) is 4.84. The molecule has 0 heterocycles. The van der Waals surface area contributed by atoms with Crippen molar-refractivity contribution >= 4 is 23.2 Å². The van der Waals surface area contributed by atoms with Crippen molar-refractivity contribution < 1.29 is 4.74 Å². The molecule has 2 nitrogen and oxygen atoms in total. The van der Waals surface area contributed by atoms with Gasteiger partial charge in [-0.3, -0.25) is 0 Å². The van der Waals surface area contributed by atoms with Gasteiger partial charge in [0.15, 0.2) is 0 Å². The van der Waals surface area contributed by atoms with Gasteiger partial charge in [-0.2, -0.15) is 0 Å². The second kappa shape index (κ2) is 5.94. The summed E-state index contributed by atoms with van der Waals surface area (Å²) < 4.78 is 5.12. The summed E-state index contributed by atoms with van der Waals surface area (Å²) in [4.78, 5) is 0. The molecule has 1 N–H and O–H groups in total. The fraction of sp³-hybridized carbons (Fsp3) is 0.538. The molecule has 2 rings (SSSR count). The lowest BCUT2D eigenvalue weighted by Crippen LogP contribution is -2.25. The third-order valence-electron chi connectivity index (χ3n) is 3.26. The highest BCUT2D eigenvalue weighted by atomic mass is 35.5. The van der Waals surface area contributed by atoms with Crippen molar-refractivity contribution in [3.8, 4) is 5.75 Å². The number of nitrogens with one attached hydrogen (secondary N) is 1. The molecule has 0 saturated heterocycles. The van der Waals surface area contributed by atoms with Gasteiger partial charge in [-0.05, 0) is 24.5 Å². The Morgan fingerprint density at radius 1 is 1.24 bits per heavy atom. The summed E-state index contributed by atoms with van der Waals surface area (Å²) >= 11 is 12.3. The Morgan fingerprint density at radius 3 is 2.59 bits per heavy atom. The minimum atomic E-state index is 0.611. The van der Waals surface area contributed by atoms with E-state index >= 15 is 0 Å². The second-order valence-electron chi connectivity index (χ2n) is 4.44. The maximum absolute atomic E-state index is 6.19. The van der Waals surface area contributed by atoms with Crippen molar-refractivity contribution in [1.82, 2.24) is 5.32 Å². The normalized spacial score (nSPS) is 16.4. The number of ether oxygens (including phenoxy) is 1. The molecule has 0 bridgehead atoms. The van der Waals surface area contributed by atoms with Gasteiger partial charge < -0.3 is 10.1 Å². The van der Waals surface area contributed by atoms with Crippen molar-refractivity contribution in [2.24, 2.45) is 0 Å². The van der Waals surface area contributed by atoms with Gasteiger partial charge in [0.05, 0.1) is 12.1 Å². The van der Waals surface area contributed by atoms with E-state index in [0.29, 0.717) is 21.8 Å². The monoisotopic (exact) mass is 273 g/mol. The Morgan fingerprint density at radius 2 is 1.94 bits per heavy atom. The average molecular weight is 274 g/mol. The van der Waals surface area contributed by atoms with Crippen molar-refractivity contribution in [3.63, 3.8) is 0 Å². The second-order valence-corrected chi connectivity index (χ2v) is 5.25. The van der Waals surface area contributed by atoms with Crippen LogP contribution in [-0.2, 0) is 6.54 Å². The maximum Gasteiger partial charge on any atom is 0.138 e. The van der Waals surface area contributed by atoms with E-state index < -0.39 is 0 Å². The highest BCUT2D eigenvalue weighted by Crippen LogP contribution is 2.31. The molecule has 1 aromatic carbocycles. The number of benzene rings is 1. The minimum Gasteiger partial charge on any atom is -0.495 e. The summed E-state index contributed by atoms with van der Waals surface area (Å²) in [6.45, 7) is 0.771. The third-order valence-corrected chi connectivity index (χ3v) is 3.90. The van der Waals surface area contributed by atoms with Crippen molar-refractivity contribution in [2.45, 2.75) is 38.3 Å². The summed E-state index contributed by atoms with van der Waals surface area (Å²) in [6.07, 6.45) is 5.19. The Hall–Kier alpha value is -0.440. The van der Waals surface area contributed by atoms with Crippen molar-refractivity contribution in [1.29, 1.82) is 0 Å². The number of hydrogen-bond donors (Lipinski definition) is 1. The smallest absolute Gasteiger partial charge is 0.138 e. The molecule has 1 saturated carbocycles. The van der Waals surface area contributed by atoms with Crippen molar-refractivity contribution in [2.75, 3.05) is 7.11 Å². The first-order valence-corrected chi connectivity index (χ1v) is 6.71. The Labute approximate surface area is 112 Å². The van der Waals surface area contributed by atoms with E-state index in [1.807, 2.05) is 6.07 Å². The summed E-state index contributed by atoms with van der Waals surface area (Å²) in [6, 6.07) is 4.28. The van der Waals surface area contributed by atoms with Crippen LogP contribution in [0.2, 0.25) is 10.0 Å². The number of methoxy groups -OCH3 is 1. The maximum atomic E-state index is 6.19. The molecule has 1 aromatic rings. The van der Waals surface area contributed by atoms with Gasteiger partial charge in [-0.1, -0.05) is 36.0 Å². The first-order valence-electron chi connectivity index (χ1n) is 5.96. The van der Waals surface area contributed by atoms with Crippen LogP contribution < -0.4 is 10.1 Å². The van der Waals surface area contributed by atoms with Crippen LogP contribution in [-0.4, -0.2) is 13.2 Å². The highest BCUT2D eigenvalue weighted by Gasteiger charge is 2.15. The predicted octanol–water partition coefficient (Wildman–Crippen LogP) is 4.03. The third kappa shape index (κ3) is 3.27. The molecule has 94 valence electrons. The van der Waals surface area contributed by atoms with E-state index in [0.717, 1.165) is 12.1 Å². The van der Waals surface area contributed by atoms with Crippen LogP contribution in [0.3, 0.4) is 0 Å². The lowest BCUT2D eigenvalue weighted by atomic mass is 10.2. The van der Waals surface area contributed by atoms with E-state index in [9.17, 15) is 0 Å². The van der Waals surface area contributed by atoms with Gasteiger partial charge in [0.25, 0.3) is 0 Å². The van der Waals surface area contributed by atoms with E-state index in [2.05, 4.69) is 5.32 Å². The van der Waals surface area contributed by atoms with Crippen LogP contribution in [0.1, 0.15) is 31.2 Å². The van der Waals surface area contributed by atoms with Crippen LogP contribution in [0.5, 0.6) is 5.75 Å². The molecule has 1 aliphatic carbocycles. The van der Waals surface area contributed by atoms with Gasteiger partial charge in [0, 0.05) is 23.7 Å². The average Bonchev–Trinajstić information content (AvgIpc) is 2.82. The molecule has 0 atom stereocenters. The molecular weight excluding hydrogens is 257 g/mol. The number of hydrogen-bond acceptors (Lipinski definition) is 2. The molecule has 0 amide bonds. The first kappa shape index (κ1) is 13.0. The standard InChI is InChI=1S/C13H17Cl2NO/c1-17-13-7-11(14)9(6-12(13)15)8-16-10-4-2-3-5-10/h6-7,10,16H,2-5,8H2,1H3. The van der Waals surface area contributed by atoms with Gasteiger partial charge >= 0.3 is 0 Å². The lowest BCUT2D eigenvalue weighted by molar-refractivity contribution is 0.414. The zero-order chi connectivity index (χ0) is 12.3.